The van der Waals surface area contributed by atoms with Gasteiger partial charge in [0.15, 0.2) is 11.6 Å². The average molecular weight is 521 g/mol. The minimum atomic E-state index is -0.916. The van der Waals surface area contributed by atoms with Crippen molar-refractivity contribution in [3.63, 3.8) is 0 Å². The molecular weight excluding hydrogens is 476 g/mol. The summed E-state index contributed by atoms with van der Waals surface area (Å²) in [5, 5.41) is 13.0. The van der Waals surface area contributed by atoms with Gasteiger partial charge in [-0.25, -0.2) is 0 Å². The molecule has 10 nitrogen and oxygen atoms in total. The summed E-state index contributed by atoms with van der Waals surface area (Å²) in [5.74, 6) is -2.37. The second-order valence-electron chi connectivity index (χ2n) is 13.5. The van der Waals surface area contributed by atoms with E-state index in [4.69, 9.17) is 23.7 Å². The van der Waals surface area contributed by atoms with Gasteiger partial charge in [0.05, 0.1) is 25.8 Å². The molecule has 5 aliphatic heterocycles. The maximum absolute atomic E-state index is 13.0. The zero-order valence-electron chi connectivity index (χ0n) is 23.5. The number of hydrogen-bond donors (Lipinski definition) is 1. The van der Waals surface area contributed by atoms with Crippen molar-refractivity contribution in [2.24, 2.45) is 5.41 Å². The van der Waals surface area contributed by atoms with Crippen molar-refractivity contribution in [3.8, 4) is 6.07 Å². The number of ether oxygens (including phenoxy) is 5. The largest absolute Gasteiger partial charge is 0.343 e. The van der Waals surface area contributed by atoms with Crippen molar-refractivity contribution >= 4 is 5.91 Å². The fourth-order valence-electron chi connectivity index (χ4n) is 6.69. The van der Waals surface area contributed by atoms with Crippen molar-refractivity contribution in [1.29, 1.82) is 5.26 Å². The Morgan fingerprint density at radius 3 is 2.41 bits per heavy atom. The molecule has 1 N–H and O–H groups in total. The van der Waals surface area contributed by atoms with Gasteiger partial charge in [0.2, 0.25) is 11.7 Å². The molecule has 0 unspecified atom stereocenters. The molecule has 0 radical (unpaired) electrons. The molecule has 10 heteroatoms. The molecule has 5 saturated heterocycles. The van der Waals surface area contributed by atoms with Gasteiger partial charge < -0.3 is 33.9 Å². The third-order valence-electron chi connectivity index (χ3n) is 8.53. The summed E-state index contributed by atoms with van der Waals surface area (Å²) in [7, 11) is 0. The van der Waals surface area contributed by atoms with Gasteiger partial charge in [-0.15, -0.1) is 0 Å². The zero-order valence-corrected chi connectivity index (χ0v) is 23.5. The van der Waals surface area contributed by atoms with E-state index in [1.807, 2.05) is 27.7 Å². The number of amides is 1. The lowest BCUT2D eigenvalue weighted by molar-refractivity contribution is -0.287. The first kappa shape index (κ1) is 27.3. The highest BCUT2D eigenvalue weighted by Gasteiger charge is 2.65. The number of carbonyl (C=O) groups excluding carboxylic acids is 1. The number of hydrogen-bond acceptors (Lipinski definition) is 9. The van der Waals surface area contributed by atoms with Gasteiger partial charge in [-0.1, -0.05) is 13.8 Å². The Bertz CT molecular complexity index is 940. The smallest absolute Gasteiger partial charge is 0.237 e. The molecular formula is C27H44N4O6. The van der Waals surface area contributed by atoms with Crippen molar-refractivity contribution in [1.82, 2.24) is 15.1 Å². The number of nitrogens with one attached hydrogen (secondary N) is 1. The lowest BCUT2D eigenvalue weighted by Crippen LogP contribution is -2.64. The second kappa shape index (κ2) is 9.12. The van der Waals surface area contributed by atoms with Crippen LogP contribution in [0.1, 0.15) is 67.7 Å². The summed E-state index contributed by atoms with van der Waals surface area (Å²) in [6.07, 6.45) is 1.68. The Balaban J connectivity index is 1.17. The predicted molar refractivity (Wildman–Crippen MR) is 134 cm³/mol. The van der Waals surface area contributed by atoms with Gasteiger partial charge in [0.25, 0.3) is 0 Å². The molecule has 0 aromatic rings. The molecule has 37 heavy (non-hydrogen) atoms. The van der Waals surface area contributed by atoms with Crippen LogP contribution >= 0.6 is 0 Å². The minimum Gasteiger partial charge on any atom is -0.343 e. The monoisotopic (exact) mass is 520 g/mol. The average Bonchev–Trinajstić information content (AvgIpc) is 3.39. The van der Waals surface area contributed by atoms with Gasteiger partial charge in [-0.3, -0.25) is 9.69 Å². The summed E-state index contributed by atoms with van der Waals surface area (Å²) in [6, 6.07) is 1.97. The van der Waals surface area contributed by atoms with E-state index in [1.54, 1.807) is 4.90 Å². The van der Waals surface area contributed by atoms with Gasteiger partial charge >= 0.3 is 0 Å². The van der Waals surface area contributed by atoms with Crippen LogP contribution in [0.15, 0.2) is 0 Å². The highest BCUT2D eigenvalue weighted by molar-refractivity contribution is 5.79. The minimum absolute atomic E-state index is 0.00751. The van der Waals surface area contributed by atoms with Crippen LogP contribution < -0.4 is 5.32 Å². The second-order valence-corrected chi connectivity index (χ2v) is 13.5. The van der Waals surface area contributed by atoms with E-state index >= 15 is 0 Å². The van der Waals surface area contributed by atoms with E-state index in [9.17, 15) is 10.1 Å². The van der Waals surface area contributed by atoms with Crippen LogP contribution in [-0.4, -0.2) is 102 Å². The van der Waals surface area contributed by atoms with Gasteiger partial charge in [-0.2, -0.15) is 5.26 Å². The molecule has 0 aromatic carbocycles. The first-order valence-electron chi connectivity index (χ1n) is 13.7. The Hall–Kier alpha value is -1.32. The highest BCUT2D eigenvalue weighted by Crippen LogP contribution is 2.48. The fraction of sp³-hybridized carbons (Fsp3) is 0.926. The molecule has 0 bridgehead atoms. The predicted octanol–water partition coefficient (Wildman–Crippen LogP) is 1.98. The third kappa shape index (κ3) is 5.42. The van der Waals surface area contributed by atoms with E-state index in [-0.39, 0.29) is 47.8 Å². The van der Waals surface area contributed by atoms with Crippen molar-refractivity contribution in [3.05, 3.63) is 0 Å². The van der Waals surface area contributed by atoms with Crippen molar-refractivity contribution in [2.45, 2.75) is 115 Å². The van der Waals surface area contributed by atoms with Gasteiger partial charge in [0, 0.05) is 25.2 Å². The van der Waals surface area contributed by atoms with Crippen LogP contribution in [0.25, 0.3) is 0 Å². The zero-order chi connectivity index (χ0) is 26.9. The van der Waals surface area contributed by atoms with Gasteiger partial charge in [0.1, 0.15) is 24.4 Å². The summed E-state index contributed by atoms with van der Waals surface area (Å²) in [5.41, 5.74) is -0.173. The van der Waals surface area contributed by atoms with E-state index in [2.05, 4.69) is 37.1 Å². The first-order valence-corrected chi connectivity index (χ1v) is 13.7. The Kier molecular flexibility index (Phi) is 6.72. The maximum atomic E-state index is 13.0. The highest BCUT2D eigenvalue weighted by atomic mass is 16.9. The molecule has 208 valence electrons. The number of nitriles is 1. The molecule has 5 heterocycles. The van der Waals surface area contributed by atoms with Crippen LogP contribution in [-0.2, 0) is 28.5 Å². The Morgan fingerprint density at radius 2 is 1.73 bits per heavy atom. The number of carbonyl (C=O) groups is 1. The summed E-state index contributed by atoms with van der Waals surface area (Å²) >= 11 is 0. The van der Waals surface area contributed by atoms with Crippen LogP contribution in [0.2, 0.25) is 0 Å². The van der Waals surface area contributed by atoms with Crippen LogP contribution in [0.3, 0.4) is 0 Å². The molecule has 5 fully saturated rings. The molecule has 0 saturated carbocycles. The number of rotatable bonds is 5. The van der Waals surface area contributed by atoms with E-state index < -0.39 is 17.4 Å². The normalized spacial score (nSPS) is 39.7. The van der Waals surface area contributed by atoms with E-state index in [0.29, 0.717) is 19.7 Å². The number of piperidine rings is 1. The Morgan fingerprint density at radius 1 is 1.03 bits per heavy atom. The standard InChI is InChI=1S/C27H44N4O6/c1-23(2)12-18(13-28)31(16-23)20(32)14-29-26(7)8-10-30(11-9-26)17-27-22(36-25(5,6)37-27)21-19(15-33-27)34-24(3,4)35-21/h18-19,21-22,29H,8-12,14-17H2,1-7H3/t18-,19+,21+,22-,27-/m0/s1. The number of fused-ring (bicyclic) bond motifs is 3. The molecule has 0 aromatic heterocycles. The quantitative estimate of drug-likeness (QED) is 0.582. The Labute approximate surface area is 220 Å². The summed E-state index contributed by atoms with van der Waals surface area (Å²) in [4.78, 5) is 17.1. The SMILES string of the molecule is CC1(C)C[C@@H](C#N)N(C(=O)CNC2(C)CCN(C[C@@]34OC[C@H]5OC(C)(C)O[C@H]5[C@@H]3OC(C)(C)O4)CC2)C1. The lowest BCUT2D eigenvalue weighted by atomic mass is 9.88. The third-order valence-corrected chi connectivity index (χ3v) is 8.53. The van der Waals surface area contributed by atoms with Crippen LogP contribution in [0.5, 0.6) is 0 Å². The number of nitrogens with zero attached hydrogens (tertiary/aromatic N) is 3. The van der Waals surface area contributed by atoms with E-state index in [0.717, 1.165) is 32.4 Å². The topological polar surface area (TPSA) is 106 Å². The van der Waals surface area contributed by atoms with Crippen molar-refractivity contribution in [2.75, 3.05) is 39.3 Å². The van der Waals surface area contributed by atoms with Crippen molar-refractivity contribution < 1.29 is 28.5 Å². The summed E-state index contributed by atoms with van der Waals surface area (Å²) < 4.78 is 31.4. The molecule has 0 aliphatic carbocycles. The lowest BCUT2D eigenvalue weighted by Gasteiger charge is -2.46. The van der Waals surface area contributed by atoms with Crippen LogP contribution in [0.4, 0.5) is 0 Å². The molecule has 5 rings (SSSR count). The fourth-order valence-corrected chi connectivity index (χ4v) is 6.69. The first-order chi connectivity index (χ1) is 17.1. The van der Waals surface area contributed by atoms with E-state index in [1.165, 1.54) is 0 Å². The molecule has 5 aliphatic rings. The summed E-state index contributed by atoms with van der Waals surface area (Å²) in [6.45, 7) is 17.6. The van der Waals surface area contributed by atoms with Crippen LogP contribution in [0, 0.1) is 16.7 Å². The molecule has 1 amide bonds. The molecule has 5 atom stereocenters. The van der Waals surface area contributed by atoms with Gasteiger partial charge in [-0.05, 0) is 59.3 Å². The maximum Gasteiger partial charge on any atom is 0.237 e. The molecule has 0 spiro atoms. The number of likely N-dealkylation sites (tertiary alicyclic amines) is 2.